The monoisotopic (exact) mass is 283 g/mol. The number of aliphatic carboxylic acids is 1. The van der Waals surface area contributed by atoms with E-state index >= 15 is 0 Å². The van der Waals surface area contributed by atoms with Crippen LogP contribution in [0.1, 0.15) is 25.8 Å². The second-order valence-electron chi connectivity index (χ2n) is 4.89. The van der Waals surface area contributed by atoms with E-state index in [1.807, 2.05) is 13.8 Å². The van der Waals surface area contributed by atoms with Gasteiger partial charge in [0, 0.05) is 17.9 Å². The summed E-state index contributed by atoms with van der Waals surface area (Å²) in [5.41, 5.74) is 0.782. The topological polar surface area (TPSA) is 66.4 Å². The molecule has 0 aliphatic rings. The maximum absolute atomic E-state index is 11.6. The third-order valence-electron chi connectivity index (χ3n) is 2.56. The van der Waals surface area contributed by atoms with Gasteiger partial charge in [-0.2, -0.15) is 0 Å². The molecule has 0 heterocycles. The highest BCUT2D eigenvalue weighted by Crippen LogP contribution is 2.12. The Balaban J connectivity index is 2.68. The van der Waals surface area contributed by atoms with Crippen molar-refractivity contribution >= 4 is 23.5 Å². The van der Waals surface area contributed by atoms with E-state index < -0.39 is 12.0 Å². The minimum absolute atomic E-state index is 0.195. The zero-order valence-corrected chi connectivity index (χ0v) is 11.8. The van der Waals surface area contributed by atoms with Gasteiger partial charge in [-0.1, -0.05) is 37.6 Å². The molecule has 1 aromatic carbocycles. The summed E-state index contributed by atoms with van der Waals surface area (Å²) in [6.07, 6.45) is 0.541. The van der Waals surface area contributed by atoms with Crippen LogP contribution in [0.4, 0.5) is 0 Å². The second kappa shape index (κ2) is 7.14. The number of carbonyl (C=O) groups is 2. The third-order valence-corrected chi connectivity index (χ3v) is 2.79. The molecule has 1 aromatic rings. The van der Waals surface area contributed by atoms with Crippen LogP contribution >= 0.6 is 11.6 Å². The van der Waals surface area contributed by atoms with Gasteiger partial charge < -0.3 is 10.4 Å². The number of hydrogen-bond acceptors (Lipinski definition) is 2. The molecule has 4 nitrogen and oxygen atoms in total. The molecule has 0 unspecified atom stereocenters. The largest absolute Gasteiger partial charge is 0.480 e. The van der Waals surface area contributed by atoms with Crippen molar-refractivity contribution in [2.75, 3.05) is 0 Å². The van der Waals surface area contributed by atoms with E-state index in [-0.39, 0.29) is 18.2 Å². The number of carboxylic acid groups (broad SMARTS) is 1. The number of nitrogens with one attached hydrogen (secondary N) is 1. The summed E-state index contributed by atoms with van der Waals surface area (Å²) < 4.78 is 0. The lowest BCUT2D eigenvalue weighted by Gasteiger charge is -2.15. The van der Waals surface area contributed by atoms with E-state index in [4.69, 9.17) is 16.7 Å². The number of hydrogen-bond donors (Lipinski definition) is 2. The summed E-state index contributed by atoms with van der Waals surface area (Å²) >= 11 is 5.85. The Kier molecular flexibility index (Phi) is 5.83. The molecule has 0 saturated heterocycles. The highest BCUT2D eigenvalue weighted by molar-refractivity contribution is 6.30. The standard InChI is InChI=1S/C14H18ClNO3/c1-9(2)6-13(17)16-12(14(18)19)8-10-4-3-5-11(15)7-10/h3-5,7,9,12H,6,8H2,1-2H3,(H,16,17)(H,18,19)/t12-/m1/s1. The van der Waals surface area contributed by atoms with Crippen LogP contribution < -0.4 is 5.32 Å². The molecule has 0 fully saturated rings. The Labute approximate surface area is 117 Å². The molecule has 0 bridgehead atoms. The number of halogens is 1. The summed E-state index contributed by atoms with van der Waals surface area (Å²) in [5, 5.41) is 12.2. The first-order valence-corrected chi connectivity index (χ1v) is 6.53. The third kappa shape index (κ3) is 5.75. The molecule has 0 aliphatic carbocycles. The summed E-state index contributed by atoms with van der Waals surface area (Å²) in [6.45, 7) is 3.82. The Morgan fingerprint density at radius 1 is 1.37 bits per heavy atom. The Morgan fingerprint density at radius 2 is 2.05 bits per heavy atom. The van der Waals surface area contributed by atoms with Crippen LogP contribution in [0, 0.1) is 5.92 Å². The zero-order valence-electron chi connectivity index (χ0n) is 11.0. The van der Waals surface area contributed by atoms with E-state index in [1.165, 1.54) is 0 Å². The fraction of sp³-hybridized carbons (Fsp3) is 0.429. The predicted molar refractivity (Wildman–Crippen MR) is 74.2 cm³/mol. The molecule has 1 atom stereocenters. The summed E-state index contributed by atoms with van der Waals surface area (Å²) in [6, 6.07) is 6.04. The van der Waals surface area contributed by atoms with Crippen molar-refractivity contribution in [2.45, 2.75) is 32.7 Å². The van der Waals surface area contributed by atoms with Gasteiger partial charge in [0.05, 0.1) is 0 Å². The molecule has 2 N–H and O–H groups in total. The first kappa shape index (κ1) is 15.5. The van der Waals surface area contributed by atoms with Crippen molar-refractivity contribution in [2.24, 2.45) is 5.92 Å². The predicted octanol–water partition coefficient (Wildman–Crippen LogP) is 2.50. The molecule has 1 amide bonds. The van der Waals surface area contributed by atoms with E-state index in [0.29, 0.717) is 11.4 Å². The lowest BCUT2D eigenvalue weighted by atomic mass is 10.0. The van der Waals surface area contributed by atoms with Crippen LogP contribution in [0.5, 0.6) is 0 Å². The fourth-order valence-corrected chi connectivity index (χ4v) is 1.94. The van der Waals surface area contributed by atoms with Gasteiger partial charge in [0.25, 0.3) is 0 Å². The molecular formula is C14H18ClNO3. The van der Waals surface area contributed by atoms with Gasteiger partial charge in [-0.3, -0.25) is 4.79 Å². The Hall–Kier alpha value is -1.55. The lowest BCUT2D eigenvalue weighted by molar-refractivity contribution is -0.141. The average molecular weight is 284 g/mol. The van der Waals surface area contributed by atoms with Gasteiger partial charge in [-0.25, -0.2) is 4.79 Å². The van der Waals surface area contributed by atoms with Crippen molar-refractivity contribution in [1.29, 1.82) is 0 Å². The lowest BCUT2D eigenvalue weighted by Crippen LogP contribution is -2.42. The van der Waals surface area contributed by atoms with Crippen molar-refractivity contribution in [3.63, 3.8) is 0 Å². The Morgan fingerprint density at radius 3 is 2.58 bits per heavy atom. The molecule has 0 saturated carbocycles. The molecule has 0 aromatic heterocycles. The van der Waals surface area contributed by atoms with Crippen molar-refractivity contribution in [1.82, 2.24) is 5.32 Å². The van der Waals surface area contributed by atoms with Crippen LogP contribution in [0.3, 0.4) is 0 Å². The molecule has 0 aliphatic heterocycles. The number of carboxylic acids is 1. The maximum Gasteiger partial charge on any atom is 0.326 e. The average Bonchev–Trinajstić information content (AvgIpc) is 2.26. The van der Waals surface area contributed by atoms with Crippen LogP contribution in [-0.4, -0.2) is 23.0 Å². The maximum atomic E-state index is 11.6. The fourth-order valence-electron chi connectivity index (χ4n) is 1.72. The molecule has 1 rings (SSSR count). The molecule has 0 radical (unpaired) electrons. The SMILES string of the molecule is CC(C)CC(=O)N[C@H](Cc1cccc(Cl)c1)C(=O)O. The summed E-state index contributed by atoms with van der Waals surface area (Å²) in [7, 11) is 0. The second-order valence-corrected chi connectivity index (χ2v) is 5.33. The molecule has 0 spiro atoms. The smallest absolute Gasteiger partial charge is 0.326 e. The Bertz CT molecular complexity index is 460. The van der Waals surface area contributed by atoms with Gasteiger partial charge in [-0.05, 0) is 23.6 Å². The van der Waals surface area contributed by atoms with E-state index in [2.05, 4.69) is 5.32 Å². The van der Waals surface area contributed by atoms with Gasteiger partial charge in [0.1, 0.15) is 6.04 Å². The van der Waals surface area contributed by atoms with E-state index in [9.17, 15) is 9.59 Å². The number of carbonyl (C=O) groups excluding carboxylic acids is 1. The quantitative estimate of drug-likeness (QED) is 0.843. The molecule has 5 heteroatoms. The van der Waals surface area contributed by atoms with Gasteiger partial charge >= 0.3 is 5.97 Å². The highest BCUT2D eigenvalue weighted by atomic mass is 35.5. The van der Waals surface area contributed by atoms with E-state index in [1.54, 1.807) is 24.3 Å². The first-order chi connectivity index (χ1) is 8.88. The summed E-state index contributed by atoms with van der Waals surface area (Å²) in [5.74, 6) is -1.10. The van der Waals surface area contributed by atoms with Crippen molar-refractivity contribution in [3.05, 3.63) is 34.9 Å². The molecule has 19 heavy (non-hydrogen) atoms. The highest BCUT2D eigenvalue weighted by Gasteiger charge is 2.20. The van der Waals surface area contributed by atoms with E-state index in [0.717, 1.165) is 5.56 Å². The minimum Gasteiger partial charge on any atom is -0.480 e. The minimum atomic E-state index is -1.04. The van der Waals surface area contributed by atoms with Gasteiger partial charge in [0.2, 0.25) is 5.91 Å². The number of amides is 1. The molecular weight excluding hydrogens is 266 g/mol. The van der Waals surface area contributed by atoms with Crippen LogP contribution in [-0.2, 0) is 16.0 Å². The first-order valence-electron chi connectivity index (χ1n) is 6.15. The number of rotatable bonds is 6. The summed E-state index contributed by atoms with van der Waals surface area (Å²) in [4.78, 5) is 22.8. The van der Waals surface area contributed by atoms with Crippen LogP contribution in [0.15, 0.2) is 24.3 Å². The normalized spacial score (nSPS) is 12.2. The van der Waals surface area contributed by atoms with Crippen molar-refractivity contribution in [3.8, 4) is 0 Å². The molecule has 104 valence electrons. The van der Waals surface area contributed by atoms with Crippen LogP contribution in [0.25, 0.3) is 0 Å². The zero-order chi connectivity index (χ0) is 14.4. The van der Waals surface area contributed by atoms with Gasteiger partial charge in [-0.15, -0.1) is 0 Å². The van der Waals surface area contributed by atoms with Gasteiger partial charge in [0.15, 0.2) is 0 Å². The van der Waals surface area contributed by atoms with Crippen molar-refractivity contribution < 1.29 is 14.7 Å². The van der Waals surface area contributed by atoms with Crippen LogP contribution in [0.2, 0.25) is 5.02 Å². The number of benzene rings is 1.